The average Bonchev–Trinajstić information content (AvgIpc) is 3.27. The number of rotatable bonds is 45. The minimum Gasteiger partial charge on any atom is -0.477 e. The molecule has 0 saturated carbocycles. The minimum absolute atomic E-state index is 0.170. The number of carboxylic acid groups (broad SMARTS) is 1. The molecule has 0 fully saturated rings. The molecular weight excluding hydrogens is 815 g/mol. The lowest BCUT2D eigenvalue weighted by Crippen LogP contribution is -2.40. The summed E-state index contributed by atoms with van der Waals surface area (Å²) >= 11 is 0. The van der Waals surface area contributed by atoms with E-state index in [9.17, 15) is 19.5 Å². The Hall–Kier alpha value is -3.79. The maximum absolute atomic E-state index is 12.8. The molecular formula is C56H94NO8+. The van der Waals surface area contributed by atoms with Crippen molar-refractivity contribution in [3.05, 3.63) is 97.2 Å². The number of carboxylic acids is 1. The van der Waals surface area contributed by atoms with Gasteiger partial charge in [0.2, 0.25) is 0 Å². The lowest BCUT2D eigenvalue weighted by molar-refractivity contribution is -0.870. The highest BCUT2D eigenvalue weighted by molar-refractivity contribution is 5.71. The number of carbonyl (C=O) groups is 3. The fourth-order valence-corrected chi connectivity index (χ4v) is 6.41. The first-order valence-corrected chi connectivity index (χ1v) is 25.4. The molecule has 0 aliphatic carbocycles. The molecule has 0 aromatic heterocycles. The Labute approximate surface area is 397 Å². The Morgan fingerprint density at radius 2 is 0.892 bits per heavy atom. The van der Waals surface area contributed by atoms with Crippen molar-refractivity contribution >= 4 is 17.9 Å². The van der Waals surface area contributed by atoms with Crippen molar-refractivity contribution in [2.24, 2.45) is 0 Å². The highest BCUT2D eigenvalue weighted by Gasteiger charge is 2.25. The second-order valence-electron chi connectivity index (χ2n) is 17.7. The molecule has 0 spiro atoms. The fraction of sp³-hybridized carbons (Fsp3) is 0.661. The first-order chi connectivity index (χ1) is 31.6. The summed E-state index contributed by atoms with van der Waals surface area (Å²) in [6, 6.07) is 0. The Morgan fingerprint density at radius 1 is 0.477 bits per heavy atom. The highest BCUT2D eigenvalue weighted by atomic mass is 16.7. The molecule has 0 radical (unpaired) electrons. The summed E-state index contributed by atoms with van der Waals surface area (Å²) in [6.45, 7) is 4.65. The summed E-state index contributed by atoms with van der Waals surface area (Å²) in [5.74, 6) is -2.11. The van der Waals surface area contributed by atoms with Crippen molar-refractivity contribution in [2.75, 3.05) is 47.5 Å². The van der Waals surface area contributed by atoms with E-state index in [1.54, 1.807) is 0 Å². The van der Waals surface area contributed by atoms with Crippen molar-refractivity contribution in [1.29, 1.82) is 0 Å². The molecule has 0 aliphatic rings. The second-order valence-corrected chi connectivity index (χ2v) is 17.7. The zero-order valence-electron chi connectivity index (χ0n) is 41.9. The number of aliphatic carboxylic acids is 1. The van der Waals surface area contributed by atoms with Gasteiger partial charge in [0.05, 0.1) is 34.4 Å². The largest absolute Gasteiger partial charge is 0.477 e. The van der Waals surface area contributed by atoms with E-state index >= 15 is 0 Å². The molecule has 0 bridgehead atoms. The van der Waals surface area contributed by atoms with Crippen LogP contribution in [0.25, 0.3) is 0 Å². The summed E-state index contributed by atoms with van der Waals surface area (Å²) < 4.78 is 22.7. The standard InChI is InChI=1S/C56H93NO8/c1-6-8-10-12-14-16-18-20-22-24-25-26-27-28-29-31-32-34-36-38-40-42-44-46-53(58)63-50-52(51-64-56(55(60)61)62-49-48-57(3,4)5)65-54(59)47-45-43-41-39-37-35-33-30-23-21-19-17-15-13-11-9-7-2/h9,11,15,17-18,20-21,23-25,27-28,33,35,39,41,52,56H,6-8,10,12-14,16,19,22,26,29-32,34,36-38,40,42-51H2,1-5H3/p+1/b11-9-,17-15-,20-18-,23-21-,25-24-,28-27-,35-33-,41-39-. The van der Waals surface area contributed by atoms with Crippen molar-refractivity contribution in [2.45, 2.75) is 193 Å². The Bertz CT molecular complexity index is 1380. The van der Waals surface area contributed by atoms with Gasteiger partial charge in [-0.3, -0.25) is 9.59 Å². The Balaban J connectivity index is 4.44. The Morgan fingerprint density at radius 3 is 1.35 bits per heavy atom. The monoisotopic (exact) mass is 909 g/mol. The van der Waals surface area contributed by atoms with Crippen LogP contribution >= 0.6 is 0 Å². The van der Waals surface area contributed by atoms with E-state index in [2.05, 4.69) is 111 Å². The van der Waals surface area contributed by atoms with E-state index in [0.29, 0.717) is 23.9 Å². The van der Waals surface area contributed by atoms with Crippen LogP contribution in [-0.4, -0.2) is 87.4 Å². The van der Waals surface area contributed by atoms with Gasteiger partial charge in [-0.2, -0.15) is 0 Å². The number of nitrogens with zero attached hydrogens (tertiary/aromatic N) is 1. The molecule has 0 saturated heterocycles. The first-order valence-electron chi connectivity index (χ1n) is 25.4. The quantitative estimate of drug-likeness (QED) is 0.0212. The van der Waals surface area contributed by atoms with Crippen LogP contribution in [0.1, 0.15) is 181 Å². The van der Waals surface area contributed by atoms with Gasteiger partial charge in [-0.25, -0.2) is 4.79 Å². The lowest BCUT2D eigenvalue weighted by atomic mass is 10.1. The van der Waals surface area contributed by atoms with E-state index in [1.165, 1.54) is 64.2 Å². The smallest absolute Gasteiger partial charge is 0.361 e. The van der Waals surface area contributed by atoms with Crippen LogP contribution in [0.3, 0.4) is 0 Å². The molecule has 0 aromatic carbocycles. The second kappa shape index (κ2) is 46.7. The predicted octanol–water partition coefficient (Wildman–Crippen LogP) is 14.2. The van der Waals surface area contributed by atoms with Gasteiger partial charge >= 0.3 is 17.9 Å². The van der Waals surface area contributed by atoms with Crippen molar-refractivity contribution in [3.8, 4) is 0 Å². The zero-order chi connectivity index (χ0) is 47.7. The maximum Gasteiger partial charge on any atom is 0.361 e. The number of allylic oxidation sites excluding steroid dienone is 16. The third-order valence-electron chi connectivity index (χ3n) is 10.3. The molecule has 2 unspecified atom stereocenters. The van der Waals surface area contributed by atoms with Crippen LogP contribution in [0.2, 0.25) is 0 Å². The summed E-state index contributed by atoms with van der Waals surface area (Å²) in [4.78, 5) is 37.2. The fourth-order valence-electron chi connectivity index (χ4n) is 6.41. The molecule has 0 rings (SSSR count). The molecule has 0 amide bonds. The number of unbranched alkanes of at least 4 members (excludes halogenated alkanes) is 14. The van der Waals surface area contributed by atoms with Crippen LogP contribution in [-0.2, 0) is 33.3 Å². The van der Waals surface area contributed by atoms with Gasteiger partial charge in [0.1, 0.15) is 13.2 Å². The molecule has 65 heavy (non-hydrogen) atoms. The SMILES string of the molecule is CC/C=C\C/C=C\C/C=C\C/C=C\C/C=C\CCCC(=O)OC(COC(=O)CCCCCCCCCC/C=C\C/C=C\C/C=C\CCCCCCC)COC(OCC[N+](C)(C)C)C(=O)O. The third-order valence-corrected chi connectivity index (χ3v) is 10.3. The van der Waals surface area contributed by atoms with Crippen molar-refractivity contribution in [3.63, 3.8) is 0 Å². The molecule has 9 nitrogen and oxygen atoms in total. The number of carbonyl (C=O) groups excluding carboxylic acids is 2. The van der Waals surface area contributed by atoms with Gasteiger partial charge in [-0.15, -0.1) is 0 Å². The van der Waals surface area contributed by atoms with Crippen LogP contribution in [0.15, 0.2) is 97.2 Å². The minimum atomic E-state index is -1.53. The number of ether oxygens (including phenoxy) is 4. The summed E-state index contributed by atoms with van der Waals surface area (Å²) in [7, 11) is 5.93. The van der Waals surface area contributed by atoms with Gasteiger partial charge in [-0.05, 0) is 89.9 Å². The van der Waals surface area contributed by atoms with Gasteiger partial charge in [-0.1, -0.05) is 175 Å². The summed E-state index contributed by atoms with van der Waals surface area (Å²) in [5, 5.41) is 9.66. The highest BCUT2D eigenvalue weighted by Crippen LogP contribution is 2.13. The van der Waals surface area contributed by atoms with E-state index in [1.807, 2.05) is 21.1 Å². The zero-order valence-corrected chi connectivity index (χ0v) is 41.9. The third kappa shape index (κ3) is 48.0. The Kier molecular flexibility index (Phi) is 44.0. The topological polar surface area (TPSA) is 108 Å². The number of likely N-dealkylation sites (N-methyl/N-ethyl adjacent to an activating group) is 1. The van der Waals surface area contributed by atoms with E-state index in [4.69, 9.17) is 18.9 Å². The number of esters is 2. The molecule has 0 heterocycles. The van der Waals surface area contributed by atoms with E-state index in [-0.39, 0.29) is 38.6 Å². The maximum atomic E-state index is 12.8. The van der Waals surface area contributed by atoms with Crippen LogP contribution in [0.5, 0.6) is 0 Å². The molecule has 1 N–H and O–H groups in total. The molecule has 0 aliphatic heterocycles. The normalized spacial score (nSPS) is 13.7. The lowest BCUT2D eigenvalue weighted by Gasteiger charge is -2.25. The number of hydrogen-bond donors (Lipinski definition) is 1. The molecule has 2 atom stereocenters. The van der Waals surface area contributed by atoms with Gasteiger partial charge < -0.3 is 28.5 Å². The number of quaternary nitrogens is 1. The van der Waals surface area contributed by atoms with E-state index in [0.717, 1.165) is 77.0 Å². The van der Waals surface area contributed by atoms with Crippen LogP contribution in [0.4, 0.5) is 0 Å². The molecule has 0 aromatic rings. The summed E-state index contributed by atoms with van der Waals surface area (Å²) in [5.41, 5.74) is 0. The first kappa shape index (κ1) is 61.2. The molecule has 9 heteroatoms. The average molecular weight is 909 g/mol. The van der Waals surface area contributed by atoms with E-state index < -0.39 is 24.3 Å². The number of hydrogen-bond acceptors (Lipinski definition) is 7. The molecule has 370 valence electrons. The van der Waals surface area contributed by atoms with Crippen LogP contribution < -0.4 is 0 Å². The van der Waals surface area contributed by atoms with Gasteiger partial charge in [0, 0.05) is 12.8 Å². The summed E-state index contributed by atoms with van der Waals surface area (Å²) in [6.07, 6.45) is 59.1. The van der Waals surface area contributed by atoms with Crippen molar-refractivity contribution < 1.29 is 42.9 Å². The predicted molar refractivity (Wildman–Crippen MR) is 272 cm³/mol. The van der Waals surface area contributed by atoms with Crippen LogP contribution in [0, 0.1) is 0 Å². The van der Waals surface area contributed by atoms with Gasteiger partial charge in [0.15, 0.2) is 6.10 Å². The van der Waals surface area contributed by atoms with Crippen molar-refractivity contribution in [1.82, 2.24) is 0 Å². The van der Waals surface area contributed by atoms with Gasteiger partial charge in [0.25, 0.3) is 6.29 Å².